The molecule has 1 aromatic heterocycles. The first kappa shape index (κ1) is 9.20. The van der Waals surface area contributed by atoms with Crippen molar-refractivity contribution in [1.82, 2.24) is 0 Å². The van der Waals surface area contributed by atoms with Gasteiger partial charge < -0.3 is 0 Å². The SMILES string of the molecule is C=C1c2ccccc2-c2c1sc1ccccc21. The minimum Gasteiger partial charge on any atom is -0.135 e. The summed E-state index contributed by atoms with van der Waals surface area (Å²) in [5.41, 5.74) is 5.19. The first-order valence-corrected chi connectivity index (χ1v) is 6.48. The van der Waals surface area contributed by atoms with Gasteiger partial charge in [-0.2, -0.15) is 0 Å². The van der Waals surface area contributed by atoms with E-state index in [4.69, 9.17) is 0 Å². The molecule has 1 aliphatic carbocycles. The van der Waals surface area contributed by atoms with E-state index in [-0.39, 0.29) is 0 Å². The molecule has 0 unspecified atom stereocenters. The number of rotatable bonds is 0. The predicted molar refractivity (Wildman–Crippen MR) is 75.4 cm³/mol. The van der Waals surface area contributed by atoms with Crippen LogP contribution in [0.1, 0.15) is 10.4 Å². The van der Waals surface area contributed by atoms with Gasteiger partial charge in [0.1, 0.15) is 0 Å². The van der Waals surface area contributed by atoms with Crippen molar-refractivity contribution in [3.8, 4) is 11.1 Å². The van der Waals surface area contributed by atoms with Crippen LogP contribution in [0.3, 0.4) is 0 Å². The largest absolute Gasteiger partial charge is 0.135 e. The molecule has 0 atom stereocenters. The summed E-state index contributed by atoms with van der Waals surface area (Å²) in [6, 6.07) is 17.2. The average Bonchev–Trinajstić information content (AvgIpc) is 2.88. The van der Waals surface area contributed by atoms with Gasteiger partial charge in [0, 0.05) is 20.5 Å². The standard InChI is InChI=1S/C16H10S/c1-10-11-6-2-3-7-12(11)15-13-8-4-5-9-14(13)17-16(10)15/h2-9H,1H2. The summed E-state index contributed by atoms with van der Waals surface area (Å²) >= 11 is 1.85. The van der Waals surface area contributed by atoms with Gasteiger partial charge in [0.2, 0.25) is 0 Å². The van der Waals surface area contributed by atoms with Gasteiger partial charge in [0.05, 0.1) is 0 Å². The molecule has 1 heteroatoms. The highest BCUT2D eigenvalue weighted by atomic mass is 32.1. The number of hydrogen-bond acceptors (Lipinski definition) is 1. The van der Waals surface area contributed by atoms with Crippen LogP contribution in [0.4, 0.5) is 0 Å². The van der Waals surface area contributed by atoms with Crippen molar-refractivity contribution in [1.29, 1.82) is 0 Å². The van der Waals surface area contributed by atoms with Crippen LogP contribution in [0.25, 0.3) is 26.8 Å². The van der Waals surface area contributed by atoms with E-state index in [2.05, 4.69) is 55.1 Å². The topological polar surface area (TPSA) is 0 Å². The van der Waals surface area contributed by atoms with Gasteiger partial charge in [-0.3, -0.25) is 0 Å². The van der Waals surface area contributed by atoms with Crippen LogP contribution in [0, 0.1) is 0 Å². The molecule has 4 rings (SSSR count). The molecule has 1 aliphatic rings. The maximum atomic E-state index is 4.24. The Balaban J connectivity index is 2.22. The van der Waals surface area contributed by atoms with Crippen LogP contribution < -0.4 is 0 Å². The van der Waals surface area contributed by atoms with E-state index < -0.39 is 0 Å². The van der Waals surface area contributed by atoms with E-state index in [9.17, 15) is 0 Å². The molecule has 0 aliphatic heterocycles. The van der Waals surface area contributed by atoms with Gasteiger partial charge in [-0.05, 0) is 22.8 Å². The molecule has 2 aromatic carbocycles. The van der Waals surface area contributed by atoms with E-state index in [1.807, 2.05) is 11.3 Å². The summed E-state index contributed by atoms with van der Waals surface area (Å²) in [5, 5.41) is 1.36. The van der Waals surface area contributed by atoms with Crippen LogP contribution in [-0.2, 0) is 0 Å². The normalized spacial score (nSPS) is 12.8. The van der Waals surface area contributed by atoms with Crippen LogP contribution in [0.5, 0.6) is 0 Å². The number of thiophene rings is 1. The third-order valence-electron chi connectivity index (χ3n) is 3.39. The fourth-order valence-electron chi connectivity index (χ4n) is 2.61. The van der Waals surface area contributed by atoms with Crippen molar-refractivity contribution in [2.24, 2.45) is 0 Å². The van der Waals surface area contributed by atoms with Crippen molar-refractivity contribution < 1.29 is 0 Å². The average molecular weight is 234 g/mol. The molecule has 0 saturated carbocycles. The Morgan fingerprint density at radius 3 is 2.41 bits per heavy atom. The Morgan fingerprint density at radius 2 is 1.53 bits per heavy atom. The Hall–Kier alpha value is -1.86. The molecule has 0 N–H and O–H groups in total. The third-order valence-corrected chi connectivity index (χ3v) is 4.62. The minimum atomic E-state index is 1.18. The van der Waals surface area contributed by atoms with Crippen molar-refractivity contribution in [3.63, 3.8) is 0 Å². The summed E-state index contributed by atoms with van der Waals surface area (Å²) < 4.78 is 1.35. The lowest BCUT2D eigenvalue weighted by Crippen LogP contribution is -1.76. The fourth-order valence-corrected chi connectivity index (χ4v) is 3.81. The van der Waals surface area contributed by atoms with Gasteiger partial charge in [-0.15, -0.1) is 11.3 Å². The molecular weight excluding hydrogens is 224 g/mol. The Bertz CT molecular complexity index is 762. The maximum absolute atomic E-state index is 4.24. The summed E-state index contributed by atoms with van der Waals surface area (Å²) in [6.45, 7) is 4.24. The first-order valence-electron chi connectivity index (χ1n) is 5.67. The van der Waals surface area contributed by atoms with Crippen LogP contribution in [0.2, 0.25) is 0 Å². The van der Waals surface area contributed by atoms with E-state index in [0.717, 1.165) is 0 Å². The molecule has 3 aromatic rings. The minimum absolute atomic E-state index is 1.18. The zero-order chi connectivity index (χ0) is 11.4. The van der Waals surface area contributed by atoms with Crippen molar-refractivity contribution in [2.75, 3.05) is 0 Å². The summed E-state index contributed by atoms with van der Waals surface area (Å²) in [6.07, 6.45) is 0. The molecule has 0 bridgehead atoms. The molecular formula is C16H10S. The van der Waals surface area contributed by atoms with Crippen molar-refractivity contribution >= 4 is 27.0 Å². The van der Waals surface area contributed by atoms with Gasteiger partial charge in [0.15, 0.2) is 0 Å². The fraction of sp³-hybridized carbons (Fsp3) is 0. The van der Waals surface area contributed by atoms with Crippen molar-refractivity contribution in [2.45, 2.75) is 0 Å². The van der Waals surface area contributed by atoms with E-state index in [0.29, 0.717) is 0 Å². The highest BCUT2D eigenvalue weighted by Crippen LogP contribution is 2.51. The Labute approximate surface area is 104 Å². The second-order valence-corrected chi connectivity index (χ2v) is 5.38. The van der Waals surface area contributed by atoms with Crippen LogP contribution in [0.15, 0.2) is 55.1 Å². The summed E-state index contributed by atoms with van der Waals surface area (Å²) in [7, 11) is 0. The van der Waals surface area contributed by atoms with E-state index in [1.165, 1.54) is 37.2 Å². The lowest BCUT2D eigenvalue weighted by molar-refractivity contribution is 1.67. The van der Waals surface area contributed by atoms with Gasteiger partial charge >= 0.3 is 0 Å². The van der Waals surface area contributed by atoms with Crippen molar-refractivity contribution in [3.05, 3.63) is 65.6 Å². The van der Waals surface area contributed by atoms with E-state index >= 15 is 0 Å². The molecule has 0 saturated heterocycles. The highest BCUT2D eigenvalue weighted by Gasteiger charge is 2.25. The smallest absolute Gasteiger partial charge is 0.0434 e. The number of benzene rings is 2. The zero-order valence-electron chi connectivity index (χ0n) is 9.23. The number of hydrogen-bond donors (Lipinski definition) is 0. The molecule has 1 heterocycles. The molecule has 0 radical (unpaired) electrons. The molecule has 80 valence electrons. The second kappa shape index (κ2) is 3.08. The Kier molecular flexibility index (Phi) is 1.67. The van der Waals surface area contributed by atoms with E-state index in [1.54, 1.807) is 0 Å². The quantitative estimate of drug-likeness (QED) is 0.404. The zero-order valence-corrected chi connectivity index (χ0v) is 10.1. The van der Waals surface area contributed by atoms with Gasteiger partial charge in [-0.1, -0.05) is 49.0 Å². The summed E-state index contributed by atoms with van der Waals surface area (Å²) in [4.78, 5) is 1.34. The summed E-state index contributed by atoms with van der Waals surface area (Å²) in [5.74, 6) is 0. The van der Waals surface area contributed by atoms with Crippen LogP contribution in [-0.4, -0.2) is 0 Å². The predicted octanol–water partition coefficient (Wildman–Crippen LogP) is 4.94. The van der Waals surface area contributed by atoms with Gasteiger partial charge in [-0.25, -0.2) is 0 Å². The highest BCUT2D eigenvalue weighted by molar-refractivity contribution is 7.21. The lowest BCUT2D eigenvalue weighted by Gasteiger charge is -2.00. The first-order chi connectivity index (χ1) is 8.36. The van der Waals surface area contributed by atoms with Crippen LogP contribution >= 0.6 is 11.3 Å². The molecule has 0 fully saturated rings. The molecule has 17 heavy (non-hydrogen) atoms. The third kappa shape index (κ3) is 1.07. The maximum Gasteiger partial charge on any atom is 0.0434 e. The lowest BCUT2D eigenvalue weighted by atomic mass is 10.0. The second-order valence-electron chi connectivity index (χ2n) is 4.33. The Morgan fingerprint density at radius 1 is 0.824 bits per heavy atom. The molecule has 0 nitrogen and oxygen atoms in total. The van der Waals surface area contributed by atoms with Gasteiger partial charge in [0.25, 0.3) is 0 Å². The monoisotopic (exact) mass is 234 g/mol. The number of fused-ring (bicyclic) bond motifs is 5. The molecule has 0 spiro atoms. The molecule has 0 amide bonds.